The number of hydrogen-bond donors (Lipinski definition) is 2. The molecule has 0 unspecified atom stereocenters. The Hall–Kier alpha value is 0.110. The molecule has 0 aliphatic carbocycles. The first-order valence-electron chi connectivity index (χ1n) is 3.25. The lowest BCUT2D eigenvalue weighted by Crippen LogP contribution is -2.09. The molecule has 1 radical (unpaired) electrons. The van der Waals surface area contributed by atoms with E-state index in [9.17, 15) is 4.57 Å². The molecule has 0 rings (SSSR count). The van der Waals surface area contributed by atoms with Gasteiger partial charge in [0.1, 0.15) is 0 Å². The minimum absolute atomic E-state index is 0.0201. The van der Waals surface area contributed by atoms with Crippen LogP contribution in [-0.2, 0) is 9.09 Å². The largest absolute Gasteiger partial charge is 0.469 e. The maximum atomic E-state index is 10.2. The summed E-state index contributed by atoms with van der Waals surface area (Å²) in [5.41, 5.74) is -0.0742. The molecule has 0 atom stereocenters. The normalized spacial score (nSPS) is 13.5. The highest BCUT2D eigenvalue weighted by Crippen LogP contribution is 2.36. The number of rotatable bonds is 3. The Kier molecular flexibility index (Phi) is 3.71. The van der Waals surface area contributed by atoms with Gasteiger partial charge in [-0.1, -0.05) is 20.8 Å². The fourth-order valence-electron chi connectivity index (χ4n) is 0.384. The molecule has 0 aromatic heterocycles. The number of phosphoric ester groups is 1. The zero-order valence-corrected chi connectivity index (χ0v) is 7.84. The third-order valence-electron chi connectivity index (χ3n) is 0.938. The first-order valence-corrected chi connectivity index (χ1v) is 4.78. The molecule has 0 spiro atoms. The molecule has 4 nitrogen and oxygen atoms in total. The van der Waals surface area contributed by atoms with Crippen molar-refractivity contribution in [3.05, 3.63) is 6.42 Å². The van der Waals surface area contributed by atoms with Gasteiger partial charge in [0.05, 0.1) is 6.61 Å². The highest BCUT2D eigenvalue weighted by molar-refractivity contribution is 7.46. The number of phosphoric acid groups is 1. The van der Waals surface area contributed by atoms with Crippen LogP contribution >= 0.6 is 7.82 Å². The van der Waals surface area contributed by atoms with Crippen molar-refractivity contribution in [1.29, 1.82) is 0 Å². The molecular weight excluding hydrogens is 167 g/mol. The Morgan fingerprint density at radius 3 is 2.18 bits per heavy atom. The van der Waals surface area contributed by atoms with Crippen molar-refractivity contribution in [2.45, 2.75) is 20.8 Å². The smallest absolute Gasteiger partial charge is 0.303 e. The van der Waals surface area contributed by atoms with Crippen molar-refractivity contribution in [2.75, 3.05) is 6.61 Å². The third kappa shape index (κ3) is 10.1. The van der Waals surface area contributed by atoms with Crippen molar-refractivity contribution in [3.63, 3.8) is 0 Å². The van der Waals surface area contributed by atoms with E-state index in [1.54, 1.807) is 6.42 Å². The molecule has 11 heavy (non-hydrogen) atoms. The fraction of sp³-hybridized carbons (Fsp3) is 0.833. The van der Waals surface area contributed by atoms with Gasteiger partial charge in [-0.05, 0) is 11.8 Å². The molecule has 0 heterocycles. The van der Waals surface area contributed by atoms with Crippen LogP contribution in [0.2, 0.25) is 0 Å². The van der Waals surface area contributed by atoms with Gasteiger partial charge >= 0.3 is 7.82 Å². The first-order chi connectivity index (χ1) is 4.71. The van der Waals surface area contributed by atoms with Crippen molar-refractivity contribution in [1.82, 2.24) is 0 Å². The van der Waals surface area contributed by atoms with Crippen LogP contribution < -0.4 is 0 Å². The molecule has 2 N–H and O–H groups in total. The summed E-state index contributed by atoms with van der Waals surface area (Å²) in [6.07, 6.45) is 1.70. The molecule has 0 aliphatic heterocycles. The molecule has 0 fully saturated rings. The first kappa shape index (κ1) is 11.1. The van der Waals surface area contributed by atoms with Crippen LogP contribution in [0.3, 0.4) is 0 Å². The summed E-state index contributed by atoms with van der Waals surface area (Å²) >= 11 is 0. The van der Waals surface area contributed by atoms with E-state index >= 15 is 0 Å². The molecule has 0 aliphatic rings. The summed E-state index contributed by atoms with van der Waals surface area (Å²) in [6, 6.07) is 0. The summed E-state index contributed by atoms with van der Waals surface area (Å²) < 4.78 is 14.4. The minimum Gasteiger partial charge on any atom is -0.303 e. The lowest BCUT2D eigenvalue weighted by Gasteiger charge is -2.17. The molecule has 0 aromatic rings. The van der Waals surface area contributed by atoms with E-state index < -0.39 is 7.82 Å². The average molecular weight is 181 g/mol. The number of hydrogen-bond acceptors (Lipinski definition) is 2. The van der Waals surface area contributed by atoms with Gasteiger partial charge in [0, 0.05) is 0 Å². The van der Waals surface area contributed by atoms with Gasteiger partial charge in [-0.3, -0.25) is 4.52 Å². The van der Waals surface area contributed by atoms with Crippen LogP contribution in [0.1, 0.15) is 20.8 Å². The Balaban J connectivity index is 3.52. The molecule has 0 saturated carbocycles. The standard InChI is InChI=1S/C6H14O4P/c1-6(2,3)4-5-10-11(7,8)9/h4H,5H2,1-3H3,(H2,7,8,9). The van der Waals surface area contributed by atoms with E-state index in [0.29, 0.717) is 0 Å². The Labute approximate surface area is 66.8 Å². The summed E-state index contributed by atoms with van der Waals surface area (Å²) in [5.74, 6) is 0. The molecule has 0 bridgehead atoms. The molecule has 0 saturated heterocycles. The van der Waals surface area contributed by atoms with Crippen molar-refractivity contribution in [2.24, 2.45) is 5.41 Å². The second-order valence-corrected chi connectivity index (χ2v) is 4.60. The van der Waals surface area contributed by atoms with Gasteiger partial charge in [-0.15, -0.1) is 0 Å². The molecule has 0 aromatic carbocycles. The maximum Gasteiger partial charge on any atom is 0.469 e. The third-order valence-corrected chi connectivity index (χ3v) is 1.42. The monoisotopic (exact) mass is 181 g/mol. The van der Waals surface area contributed by atoms with E-state index in [1.807, 2.05) is 20.8 Å². The summed E-state index contributed by atoms with van der Waals surface area (Å²) in [4.78, 5) is 16.6. The van der Waals surface area contributed by atoms with Gasteiger partial charge < -0.3 is 9.79 Å². The lowest BCUT2D eigenvalue weighted by atomic mass is 9.93. The minimum atomic E-state index is -4.28. The lowest BCUT2D eigenvalue weighted by molar-refractivity contribution is 0.200. The zero-order valence-electron chi connectivity index (χ0n) is 6.94. The van der Waals surface area contributed by atoms with Crippen LogP contribution in [0, 0.1) is 11.8 Å². The Morgan fingerprint density at radius 1 is 1.45 bits per heavy atom. The summed E-state index contributed by atoms with van der Waals surface area (Å²) in [7, 11) is -4.28. The second-order valence-electron chi connectivity index (χ2n) is 3.36. The van der Waals surface area contributed by atoms with Gasteiger partial charge in [-0.2, -0.15) is 0 Å². The van der Waals surface area contributed by atoms with E-state index in [0.717, 1.165) is 0 Å². The Bertz CT molecular complexity index is 154. The van der Waals surface area contributed by atoms with E-state index in [1.165, 1.54) is 0 Å². The summed E-state index contributed by atoms with van der Waals surface area (Å²) in [5, 5.41) is 0. The van der Waals surface area contributed by atoms with Crippen LogP contribution in [0.4, 0.5) is 0 Å². The van der Waals surface area contributed by atoms with E-state index in [2.05, 4.69) is 4.52 Å². The predicted molar refractivity (Wildman–Crippen MR) is 41.8 cm³/mol. The van der Waals surface area contributed by atoms with Gasteiger partial charge in [-0.25, -0.2) is 4.57 Å². The molecule has 5 heteroatoms. The average Bonchev–Trinajstić information content (AvgIpc) is 1.55. The van der Waals surface area contributed by atoms with Crippen molar-refractivity contribution in [3.8, 4) is 0 Å². The molecule has 67 valence electrons. The highest BCUT2D eigenvalue weighted by atomic mass is 31.2. The van der Waals surface area contributed by atoms with Crippen LogP contribution in [0.5, 0.6) is 0 Å². The molecule has 0 amide bonds. The topological polar surface area (TPSA) is 66.8 Å². The Morgan fingerprint density at radius 2 is 1.91 bits per heavy atom. The van der Waals surface area contributed by atoms with Gasteiger partial charge in [0.15, 0.2) is 0 Å². The van der Waals surface area contributed by atoms with Crippen molar-refractivity contribution >= 4 is 7.82 Å². The fourth-order valence-corrected chi connectivity index (χ4v) is 0.653. The van der Waals surface area contributed by atoms with Gasteiger partial charge in [0.25, 0.3) is 0 Å². The van der Waals surface area contributed by atoms with Crippen LogP contribution in [-0.4, -0.2) is 16.4 Å². The molecular formula is C6H14O4P. The highest BCUT2D eigenvalue weighted by Gasteiger charge is 2.16. The van der Waals surface area contributed by atoms with Gasteiger partial charge in [0.2, 0.25) is 0 Å². The summed E-state index contributed by atoms with van der Waals surface area (Å²) in [6.45, 7) is 5.76. The quantitative estimate of drug-likeness (QED) is 0.645. The predicted octanol–water partition coefficient (Wildman–Crippen LogP) is 1.35. The zero-order chi connectivity index (χ0) is 9.12. The maximum absolute atomic E-state index is 10.2. The second kappa shape index (κ2) is 3.68. The van der Waals surface area contributed by atoms with Crippen LogP contribution in [0.15, 0.2) is 0 Å². The van der Waals surface area contributed by atoms with Crippen molar-refractivity contribution < 1.29 is 18.9 Å². The van der Waals surface area contributed by atoms with Crippen LogP contribution in [0.25, 0.3) is 0 Å². The van der Waals surface area contributed by atoms with E-state index in [4.69, 9.17) is 9.79 Å². The SMILES string of the molecule is CC(C)(C)[CH]COP(=O)(O)O. The van der Waals surface area contributed by atoms with E-state index in [-0.39, 0.29) is 12.0 Å².